The first-order valence-corrected chi connectivity index (χ1v) is 8.99. The lowest BCUT2D eigenvalue weighted by molar-refractivity contribution is 0.192. The minimum atomic E-state index is -0.0690. The zero-order chi connectivity index (χ0) is 19.4. The Bertz CT molecular complexity index is 802. The molecule has 1 aliphatic rings. The number of hydrogen-bond donors (Lipinski definition) is 2. The van der Waals surface area contributed by atoms with Crippen LogP contribution >= 0.6 is 23.2 Å². The molecule has 9 heteroatoms. The van der Waals surface area contributed by atoms with Gasteiger partial charge in [0.1, 0.15) is 11.5 Å². The first kappa shape index (κ1) is 19.7. The minimum Gasteiger partial charge on any atom is -0.495 e. The molecular formula is C18H20Cl2N4O3. The van der Waals surface area contributed by atoms with E-state index >= 15 is 0 Å². The van der Waals surface area contributed by atoms with E-state index in [-0.39, 0.29) is 12.1 Å². The number of nitrogens with zero attached hydrogens (tertiary/aromatic N) is 2. The second-order valence-corrected chi connectivity index (χ2v) is 6.70. The monoisotopic (exact) mass is 410 g/mol. The fraction of sp³-hybridized carbons (Fsp3) is 0.333. The molecule has 0 bridgehead atoms. The first-order valence-electron chi connectivity index (χ1n) is 8.23. The third kappa shape index (κ3) is 4.44. The predicted octanol–water partition coefficient (Wildman–Crippen LogP) is 3.11. The van der Waals surface area contributed by atoms with Crippen molar-refractivity contribution >= 4 is 41.3 Å². The van der Waals surface area contributed by atoms with Crippen LogP contribution in [0.4, 0.5) is 5.95 Å². The Morgan fingerprint density at radius 1 is 1.11 bits per heavy atom. The van der Waals surface area contributed by atoms with Gasteiger partial charge in [-0.15, -0.1) is 0 Å². The third-order valence-corrected chi connectivity index (χ3v) is 4.94. The number of benzene rings is 1. The van der Waals surface area contributed by atoms with E-state index in [9.17, 15) is 0 Å². The van der Waals surface area contributed by atoms with E-state index in [0.717, 1.165) is 5.56 Å². The molecule has 27 heavy (non-hydrogen) atoms. The standard InChI is InChI=1S/C18H20Cl2N4O3/c1-25-14-5-15(26-2)17(20)11(16(14)19)4-3-10-6-22-18(23-7-10)24-13-9-27-8-12(13)21/h3-7,12-13H,8-9,21H2,1-2H3,(H,22,23,24)/b4-3+/t12-,13+/m0/s1. The summed E-state index contributed by atoms with van der Waals surface area (Å²) in [5.41, 5.74) is 7.31. The van der Waals surface area contributed by atoms with Gasteiger partial charge in [0, 0.05) is 29.6 Å². The maximum absolute atomic E-state index is 6.36. The molecule has 0 aliphatic carbocycles. The third-order valence-electron chi connectivity index (χ3n) is 4.16. The lowest BCUT2D eigenvalue weighted by Gasteiger charge is -2.14. The van der Waals surface area contributed by atoms with Gasteiger partial charge in [-0.1, -0.05) is 35.4 Å². The second-order valence-electron chi connectivity index (χ2n) is 5.95. The molecule has 0 radical (unpaired) electrons. The highest BCUT2D eigenvalue weighted by atomic mass is 35.5. The van der Waals surface area contributed by atoms with Crippen molar-refractivity contribution in [3.63, 3.8) is 0 Å². The van der Waals surface area contributed by atoms with Crippen LogP contribution in [0, 0.1) is 0 Å². The Balaban J connectivity index is 1.78. The number of aromatic nitrogens is 2. The molecule has 1 fully saturated rings. The molecule has 2 atom stereocenters. The highest BCUT2D eigenvalue weighted by Gasteiger charge is 2.25. The maximum atomic E-state index is 6.36. The van der Waals surface area contributed by atoms with Crippen LogP contribution in [0.3, 0.4) is 0 Å². The maximum Gasteiger partial charge on any atom is 0.222 e. The van der Waals surface area contributed by atoms with Crippen molar-refractivity contribution in [2.75, 3.05) is 32.8 Å². The Morgan fingerprint density at radius 2 is 1.74 bits per heavy atom. The molecular weight excluding hydrogens is 391 g/mol. The number of nitrogens with one attached hydrogen (secondary N) is 1. The summed E-state index contributed by atoms with van der Waals surface area (Å²) in [6.07, 6.45) is 6.95. The summed E-state index contributed by atoms with van der Waals surface area (Å²) in [5, 5.41) is 3.96. The van der Waals surface area contributed by atoms with E-state index in [4.69, 9.17) is 43.1 Å². The van der Waals surface area contributed by atoms with Gasteiger partial charge in [-0.2, -0.15) is 0 Å². The quantitative estimate of drug-likeness (QED) is 0.755. The van der Waals surface area contributed by atoms with E-state index in [1.54, 1.807) is 30.6 Å². The van der Waals surface area contributed by atoms with Gasteiger partial charge in [-0.3, -0.25) is 0 Å². The Labute approximate surface area is 167 Å². The average molecular weight is 411 g/mol. The van der Waals surface area contributed by atoms with Gasteiger partial charge in [0.05, 0.1) is 49.6 Å². The molecule has 0 unspecified atom stereocenters. The summed E-state index contributed by atoms with van der Waals surface area (Å²) in [6.45, 7) is 1.07. The van der Waals surface area contributed by atoms with Gasteiger partial charge in [0.15, 0.2) is 0 Å². The molecule has 1 aromatic heterocycles. The topological polar surface area (TPSA) is 91.5 Å². The smallest absolute Gasteiger partial charge is 0.222 e. The molecule has 7 nitrogen and oxygen atoms in total. The minimum absolute atomic E-state index is 0.00764. The summed E-state index contributed by atoms with van der Waals surface area (Å²) in [7, 11) is 3.06. The molecule has 144 valence electrons. The van der Waals surface area contributed by atoms with E-state index in [1.165, 1.54) is 14.2 Å². The van der Waals surface area contributed by atoms with Crippen LogP contribution in [0.2, 0.25) is 10.0 Å². The number of hydrogen-bond acceptors (Lipinski definition) is 7. The van der Waals surface area contributed by atoms with Gasteiger partial charge in [-0.05, 0) is 0 Å². The summed E-state index contributed by atoms with van der Waals surface area (Å²) in [4.78, 5) is 8.60. The number of ether oxygens (including phenoxy) is 3. The number of anilines is 1. The molecule has 0 spiro atoms. The normalized spacial score (nSPS) is 19.4. The van der Waals surface area contributed by atoms with E-state index in [1.807, 2.05) is 0 Å². The largest absolute Gasteiger partial charge is 0.495 e. The van der Waals surface area contributed by atoms with Gasteiger partial charge < -0.3 is 25.3 Å². The fourth-order valence-corrected chi connectivity index (χ4v) is 3.24. The number of halogens is 2. The number of rotatable bonds is 6. The van der Waals surface area contributed by atoms with E-state index in [0.29, 0.717) is 46.3 Å². The van der Waals surface area contributed by atoms with E-state index in [2.05, 4.69) is 15.3 Å². The van der Waals surface area contributed by atoms with Gasteiger partial charge in [0.2, 0.25) is 5.95 Å². The molecule has 2 aromatic rings. The molecule has 0 amide bonds. The summed E-state index contributed by atoms with van der Waals surface area (Å²) in [5.74, 6) is 1.45. The van der Waals surface area contributed by atoms with Crippen LogP contribution in [0.5, 0.6) is 11.5 Å². The average Bonchev–Trinajstić information content (AvgIpc) is 3.08. The van der Waals surface area contributed by atoms with Crippen LogP contribution in [-0.4, -0.2) is 49.5 Å². The summed E-state index contributed by atoms with van der Waals surface area (Å²) < 4.78 is 15.8. The van der Waals surface area contributed by atoms with Gasteiger partial charge >= 0.3 is 0 Å². The van der Waals surface area contributed by atoms with Gasteiger partial charge in [0.25, 0.3) is 0 Å². The van der Waals surface area contributed by atoms with Gasteiger partial charge in [-0.25, -0.2) is 9.97 Å². The van der Waals surface area contributed by atoms with Crippen LogP contribution < -0.4 is 20.5 Å². The summed E-state index contributed by atoms with van der Waals surface area (Å²) >= 11 is 12.7. The van der Waals surface area contributed by atoms with Crippen molar-refractivity contribution in [1.82, 2.24) is 9.97 Å². The van der Waals surface area contributed by atoms with Crippen LogP contribution in [0.1, 0.15) is 11.1 Å². The van der Waals surface area contributed by atoms with Crippen molar-refractivity contribution in [2.24, 2.45) is 5.73 Å². The highest BCUT2D eigenvalue weighted by Crippen LogP contribution is 2.41. The van der Waals surface area contributed by atoms with Crippen molar-refractivity contribution < 1.29 is 14.2 Å². The molecule has 1 aliphatic heterocycles. The first-order chi connectivity index (χ1) is 13.0. The molecule has 1 saturated heterocycles. The van der Waals surface area contributed by atoms with E-state index < -0.39 is 0 Å². The number of nitrogens with two attached hydrogens (primary N) is 1. The molecule has 3 rings (SSSR count). The SMILES string of the molecule is COc1cc(OC)c(Cl)c(/C=C/c2cnc(N[C@@H]3COC[C@@H]3N)nc2)c1Cl. The molecule has 1 aromatic carbocycles. The zero-order valence-electron chi connectivity index (χ0n) is 14.9. The Morgan fingerprint density at radius 3 is 2.26 bits per heavy atom. The van der Waals surface area contributed by atoms with Crippen molar-refractivity contribution in [1.29, 1.82) is 0 Å². The van der Waals surface area contributed by atoms with Crippen molar-refractivity contribution in [3.05, 3.63) is 39.6 Å². The predicted molar refractivity (Wildman–Crippen MR) is 107 cm³/mol. The molecule has 0 saturated carbocycles. The Kier molecular flexibility index (Phi) is 6.38. The summed E-state index contributed by atoms with van der Waals surface area (Å²) in [6, 6.07) is 1.58. The Hall–Kier alpha value is -2.06. The van der Waals surface area contributed by atoms with Crippen molar-refractivity contribution in [2.45, 2.75) is 12.1 Å². The van der Waals surface area contributed by atoms with Crippen LogP contribution in [0.25, 0.3) is 12.2 Å². The van der Waals surface area contributed by atoms with Crippen molar-refractivity contribution in [3.8, 4) is 11.5 Å². The number of methoxy groups -OCH3 is 2. The van der Waals surface area contributed by atoms with Crippen LogP contribution in [0.15, 0.2) is 18.5 Å². The molecule has 2 heterocycles. The lowest BCUT2D eigenvalue weighted by atomic mass is 10.1. The zero-order valence-corrected chi connectivity index (χ0v) is 16.4. The van der Waals surface area contributed by atoms with Crippen LogP contribution in [-0.2, 0) is 4.74 Å². The molecule has 3 N–H and O–H groups in total. The second kappa shape index (κ2) is 8.75. The lowest BCUT2D eigenvalue weighted by Crippen LogP contribution is -2.39. The fourth-order valence-electron chi connectivity index (χ4n) is 2.61. The highest BCUT2D eigenvalue weighted by molar-refractivity contribution is 6.39.